The molecule has 1 aliphatic rings. The number of anilines is 2. The molecule has 0 saturated heterocycles. The summed E-state index contributed by atoms with van der Waals surface area (Å²) in [6.07, 6.45) is 1.47. The lowest BCUT2D eigenvalue weighted by Crippen LogP contribution is -2.36. The van der Waals surface area contributed by atoms with Crippen LogP contribution in [-0.4, -0.2) is 33.2 Å². The number of hydrogen-bond donors (Lipinski definition) is 3. The number of hydrogen-bond acceptors (Lipinski definition) is 7. The van der Waals surface area contributed by atoms with Crippen molar-refractivity contribution in [2.75, 3.05) is 10.6 Å². The lowest BCUT2D eigenvalue weighted by Gasteiger charge is -2.27. The molecule has 11 heteroatoms. The first-order chi connectivity index (χ1) is 18.2. The van der Waals surface area contributed by atoms with Crippen molar-refractivity contribution in [2.45, 2.75) is 52.6 Å². The molecular formula is C27H29BrN4O6. The third-order valence-corrected chi connectivity index (χ3v) is 7.44. The number of nitrogens with one attached hydrogen (secondary N) is 2. The molecule has 2 heterocycles. The summed E-state index contributed by atoms with van der Waals surface area (Å²) in [5, 5.41) is 19.0. The minimum Gasteiger partial charge on any atom is -0.481 e. The summed E-state index contributed by atoms with van der Waals surface area (Å²) in [6.45, 7) is 5.17. The van der Waals surface area contributed by atoms with Crippen LogP contribution in [0.4, 0.5) is 16.2 Å². The predicted molar refractivity (Wildman–Crippen MR) is 144 cm³/mol. The van der Waals surface area contributed by atoms with Gasteiger partial charge in [-0.1, -0.05) is 52.1 Å². The van der Waals surface area contributed by atoms with Gasteiger partial charge in [0.05, 0.1) is 23.2 Å². The van der Waals surface area contributed by atoms with Crippen LogP contribution >= 0.6 is 15.9 Å². The second-order valence-corrected chi connectivity index (χ2v) is 10.2. The lowest BCUT2D eigenvalue weighted by molar-refractivity contribution is -0.147. The second-order valence-electron chi connectivity index (χ2n) is 9.32. The highest BCUT2D eigenvalue weighted by Gasteiger charge is 2.36. The van der Waals surface area contributed by atoms with Crippen molar-refractivity contribution in [1.29, 1.82) is 0 Å². The first kappa shape index (κ1) is 27.3. The number of benzene rings is 1. The van der Waals surface area contributed by atoms with E-state index >= 15 is 0 Å². The summed E-state index contributed by atoms with van der Waals surface area (Å²) in [5.74, 6) is -2.30. The Labute approximate surface area is 228 Å². The van der Waals surface area contributed by atoms with Gasteiger partial charge < -0.3 is 19.7 Å². The smallest absolute Gasteiger partial charge is 0.412 e. The van der Waals surface area contributed by atoms with Crippen LogP contribution in [0.5, 0.6) is 0 Å². The molecule has 3 aromatic rings. The van der Waals surface area contributed by atoms with Crippen LogP contribution in [0.15, 0.2) is 45.4 Å². The van der Waals surface area contributed by atoms with Crippen LogP contribution in [0, 0.1) is 25.7 Å². The summed E-state index contributed by atoms with van der Waals surface area (Å²) >= 11 is 3.46. The van der Waals surface area contributed by atoms with Gasteiger partial charge in [-0.3, -0.25) is 14.9 Å². The predicted octanol–water partition coefficient (Wildman–Crippen LogP) is 6.26. The number of carbonyl (C=O) groups excluding carboxylic acids is 2. The van der Waals surface area contributed by atoms with Crippen molar-refractivity contribution >= 4 is 45.3 Å². The van der Waals surface area contributed by atoms with Crippen LogP contribution in [0.1, 0.15) is 55.7 Å². The molecular weight excluding hydrogens is 556 g/mol. The Bertz CT molecular complexity index is 1360. The molecule has 0 radical (unpaired) electrons. The number of aryl methyl sites for hydroxylation is 2. The molecule has 0 bridgehead atoms. The van der Waals surface area contributed by atoms with Crippen molar-refractivity contribution in [1.82, 2.24) is 10.1 Å². The molecule has 3 atom stereocenters. The average molecular weight is 585 g/mol. The molecule has 1 fully saturated rings. The van der Waals surface area contributed by atoms with Crippen molar-refractivity contribution in [3.05, 3.63) is 57.8 Å². The van der Waals surface area contributed by atoms with Gasteiger partial charge in [0.2, 0.25) is 11.7 Å². The zero-order valence-corrected chi connectivity index (χ0v) is 22.9. The Morgan fingerprint density at radius 3 is 2.45 bits per heavy atom. The molecule has 1 aliphatic carbocycles. The fourth-order valence-corrected chi connectivity index (χ4v) is 5.24. The number of aromatic nitrogens is 2. The van der Waals surface area contributed by atoms with Gasteiger partial charge >= 0.3 is 12.1 Å². The second kappa shape index (κ2) is 11.8. The highest BCUT2D eigenvalue weighted by molar-refractivity contribution is 9.10. The Hall–Kier alpha value is -3.73. The summed E-state index contributed by atoms with van der Waals surface area (Å²) in [4.78, 5) is 41.7. The molecule has 0 aliphatic heterocycles. The maximum absolute atomic E-state index is 12.9. The van der Waals surface area contributed by atoms with Gasteiger partial charge in [-0.25, -0.2) is 9.78 Å². The van der Waals surface area contributed by atoms with Crippen molar-refractivity contribution in [3.63, 3.8) is 0 Å². The van der Waals surface area contributed by atoms with E-state index in [1.165, 1.54) is 0 Å². The summed E-state index contributed by atoms with van der Waals surface area (Å²) in [6, 6.07) is 10.8. The molecule has 200 valence electrons. The first-order valence-electron chi connectivity index (χ1n) is 12.4. The van der Waals surface area contributed by atoms with E-state index in [0.29, 0.717) is 41.3 Å². The molecule has 2 amide bonds. The molecule has 38 heavy (non-hydrogen) atoms. The number of pyridine rings is 1. The molecule has 0 spiro atoms. The van der Waals surface area contributed by atoms with Crippen LogP contribution in [0.25, 0.3) is 11.5 Å². The summed E-state index contributed by atoms with van der Waals surface area (Å²) in [7, 11) is 0. The number of carboxylic acid groups (broad SMARTS) is 1. The van der Waals surface area contributed by atoms with Gasteiger partial charge in [0, 0.05) is 10.0 Å². The van der Waals surface area contributed by atoms with E-state index in [1.807, 2.05) is 24.3 Å². The fraction of sp³-hybridized carbons (Fsp3) is 0.370. The van der Waals surface area contributed by atoms with Gasteiger partial charge in [-0.05, 0) is 51.8 Å². The van der Waals surface area contributed by atoms with Crippen molar-refractivity contribution in [2.24, 2.45) is 11.8 Å². The number of halogens is 1. The Kier molecular flexibility index (Phi) is 8.45. The molecule has 1 saturated carbocycles. The average Bonchev–Trinajstić information content (AvgIpc) is 3.24. The number of carbonyl (C=O) groups is 3. The van der Waals surface area contributed by atoms with Crippen LogP contribution in [0.3, 0.4) is 0 Å². The molecule has 10 nitrogen and oxygen atoms in total. The van der Waals surface area contributed by atoms with Gasteiger partial charge in [0.15, 0.2) is 0 Å². The minimum absolute atomic E-state index is 0.243. The number of nitrogens with zero attached hydrogens (tertiary/aromatic N) is 2. The zero-order valence-electron chi connectivity index (χ0n) is 21.3. The van der Waals surface area contributed by atoms with E-state index in [0.717, 1.165) is 22.9 Å². The van der Waals surface area contributed by atoms with E-state index in [-0.39, 0.29) is 11.7 Å². The normalized spacial score (nSPS) is 17.9. The number of amides is 2. The number of ether oxygens (including phenoxy) is 1. The standard InChI is InChI=1S/C27H29BrN4O6/c1-14-21(30-25(33)18-9-4-5-10-19(18)26(34)35)12-13-22(29-14)24-23(15(2)32-38-24)31-27(36)37-16(3)17-8-6-7-11-20(17)28/h6-8,11-13,16,18-19H,4-5,9-10H2,1-3H3,(H,30,33)(H,31,36)(H,34,35)/t16?,18-,19-/m0/s1. The SMILES string of the molecule is Cc1nc(-c2onc(C)c2NC(=O)OC(C)c2ccccc2Br)ccc1NC(=O)[C@H]1CCCC[C@@H]1C(=O)O. The van der Waals surface area contributed by atoms with Crippen molar-refractivity contribution < 1.29 is 28.8 Å². The Morgan fingerprint density at radius 2 is 1.76 bits per heavy atom. The first-order valence-corrected chi connectivity index (χ1v) is 13.1. The maximum atomic E-state index is 12.9. The fourth-order valence-electron chi connectivity index (χ4n) is 4.64. The van der Waals surface area contributed by atoms with Crippen molar-refractivity contribution in [3.8, 4) is 11.5 Å². The van der Waals surface area contributed by atoms with E-state index in [1.54, 1.807) is 32.9 Å². The van der Waals surface area contributed by atoms with E-state index in [9.17, 15) is 19.5 Å². The Morgan fingerprint density at radius 1 is 1.05 bits per heavy atom. The van der Waals surface area contributed by atoms with Gasteiger partial charge in [-0.15, -0.1) is 0 Å². The van der Waals surface area contributed by atoms with Crippen LogP contribution in [-0.2, 0) is 14.3 Å². The van der Waals surface area contributed by atoms with Gasteiger partial charge in [-0.2, -0.15) is 0 Å². The summed E-state index contributed by atoms with van der Waals surface area (Å²) in [5.41, 5.74) is 2.97. The lowest BCUT2D eigenvalue weighted by atomic mass is 9.78. The highest BCUT2D eigenvalue weighted by atomic mass is 79.9. The largest absolute Gasteiger partial charge is 0.481 e. The molecule has 4 rings (SSSR count). The quantitative estimate of drug-likeness (QED) is 0.295. The molecule has 3 N–H and O–H groups in total. The number of carboxylic acids is 1. The minimum atomic E-state index is -0.944. The van der Waals surface area contributed by atoms with Gasteiger partial charge in [0.25, 0.3) is 0 Å². The third kappa shape index (κ3) is 6.04. The topological polar surface area (TPSA) is 144 Å². The third-order valence-electron chi connectivity index (χ3n) is 6.71. The van der Waals surface area contributed by atoms with E-state index < -0.39 is 30.0 Å². The van der Waals surface area contributed by atoms with Crippen LogP contribution in [0.2, 0.25) is 0 Å². The van der Waals surface area contributed by atoms with E-state index in [2.05, 4.69) is 36.7 Å². The van der Waals surface area contributed by atoms with Gasteiger partial charge in [0.1, 0.15) is 23.2 Å². The number of aliphatic carboxylic acids is 1. The number of rotatable bonds is 7. The molecule has 1 aromatic carbocycles. The van der Waals surface area contributed by atoms with Crippen LogP contribution < -0.4 is 10.6 Å². The zero-order chi connectivity index (χ0) is 27.4. The highest BCUT2D eigenvalue weighted by Crippen LogP contribution is 2.34. The molecule has 2 aromatic heterocycles. The Balaban J connectivity index is 1.47. The summed E-state index contributed by atoms with van der Waals surface area (Å²) < 4.78 is 11.8. The maximum Gasteiger partial charge on any atom is 0.412 e. The monoisotopic (exact) mass is 584 g/mol. The van der Waals surface area contributed by atoms with E-state index in [4.69, 9.17) is 9.26 Å². The molecule has 1 unspecified atom stereocenters.